The zero-order valence-corrected chi connectivity index (χ0v) is 13.0. The molecule has 2 N–H and O–H groups in total. The topological polar surface area (TPSA) is 33.3 Å². The molecule has 1 rings (SSSR count). The normalized spacial score (nSPS) is 10.9. The molecule has 0 aliphatic rings. The molecule has 0 heterocycles. The zero-order valence-electron chi connectivity index (χ0n) is 11.4. The van der Waals surface area contributed by atoms with Crippen molar-refractivity contribution in [1.82, 2.24) is 10.6 Å². The molecule has 0 aliphatic carbocycles. The highest BCUT2D eigenvalue weighted by Gasteiger charge is 2.00. The maximum atomic E-state index is 5.20. The number of halogens is 1. The van der Waals surface area contributed by atoms with Gasteiger partial charge < -0.3 is 15.4 Å². The van der Waals surface area contributed by atoms with Crippen molar-refractivity contribution < 1.29 is 4.74 Å². The van der Waals surface area contributed by atoms with Crippen LogP contribution in [0.4, 0.5) is 0 Å². The number of hydrogen-bond acceptors (Lipinski definition) is 3. The van der Waals surface area contributed by atoms with Crippen molar-refractivity contribution >= 4 is 15.9 Å². The molecule has 0 saturated heterocycles. The first kappa shape index (κ1) is 15.5. The van der Waals surface area contributed by atoms with Gasteiger partial charge in [0, 0.05) is 12.6 Å². The molecule has 0 unspecified atom stereocenters. The molecule has 0 amide bonds. The van der Waals surface area contributed by atoms with E-state index in [9.17, 15) is 0 Å². The number of rotatable bonds is 8. The summed E-state index contributed by atoms with van der Waals surface area (Å²) in [6.07, 6.45) is 1.15. The number of ether oxygens (including phenoxy) is 1. The largest absolute Gasteiger partial charge is 0.496 e. The Morgan fingerprint density at radius 2 is 2.06 bits per heavy atom. The van der Waals surface area contributed by atoms with Gasteiger partial charge in [0.2, 0.25) is 0 Å². The molecule has 0 radical (unpaired) electrons. The number of benzene rings is 1. The number of hydrogen-bond donors (Lipinski definition) is 2. The van der Waals surface area contributed by atoms with E-state index in [-0.39, 0.29) is 0 Å². The summed E-state index contributed by atoms with van der Waals surface area (Å²) in [7, 11) is 1.68. The fourth-order valence-electron chi connectivity index (χ4n) is 1.66. The van der Waals surface area contributed by atoms with Crippen molar-refractivity contribution in [2.24, 2.45) is 0 Å². The van der Waals surface area contributed by atoms with Crippen LogP contribution >= 0.6 is 15.9 Å². The van der Waals surface area contributed by atoms with E-state index < -0.39 is 0 Å². The van der Waals surface area contributed by atoms with Crippen LogP contribution in [0.3, 0.4) is 0 Å². The lowest BCUT2D eigenvalue weighted by Crippen LogP contribution is -2.26. The van der Waals surface area contributed by atoms with Crippen molar-refractivity contribution in [3.63, 3.8) is 0 Å². The zero-order chi connectivity index (χ0) is 13.4. The average molecular weight is 315 g/mol. The molecular weight excluding hydrogens is 292 g/mol. The van der Waals surface area contributed by atoms with Gasteiger partial charge in [0.1, 0.15) is 5.75 Å². The first-order valence-electron chi connectivity index (χ1n) is 6.40. The molecule has 0 aliphatic heterocycles. The molecule has 0 bridgehead atoms. The summed E-state index contributed by atoms with van der Waals surface area (Å²) < 4.78 is 6.21. The smallest absolute Gasteiger partial charge is 0.133 e. The van der Waals surface area contributed by atoms with Gasteiger partial charge in [-0.25, -0.2) is 0 Å². The fourth-order valence-corrected chi connectivity index (χ4v) is 2.24. The standard InChI is InChI=1S/C14H23BrN2O/c1-11(2)17-8-4-7-16-10-12-5-6-14(18-3)13(15)9-12/h5-6,9,11,16-17H,4,7-8,10H2,1-3H3. The minimum atomic E-state index is 0.572. The van der Waals surface area contributed by atoms with Gasteiger partial charge in [0.05, 0.1) is 11.6 Å². The van der Waals surface area contributed by atoms with Crippen molar-refractivity contribution in [2.75, 3.05) is 20.2 Å². The van der Waals surface area contributed by atoms with Crippen LogP contribution in [0.15, 0.2) is 22.7 Å². The van der Waals surface area contributed by atoms with E-state index in [4.69, 9.17) is 4.74 Å². The second-order valence-electron chi connectivity index (χ2n) is 4.61. The third-order valence-electron chi connectivity index (χ3n) is 2.63. The molecule has 4 heteroatoms. The summed E-state index contributed by atoms with van der Waals surface area (Å²) in [5.41, 5.74) is 1.26. The quantitative estimate of drug-likeness (QED) is 0.724. The Morgan fingerprint density at radius 1 is 1.28 bits per heavy atom. The van der Waals surface area contributed by atoms with E-state index in [0.29, 0.717) is 6.04 Å². The van der Waals surface area contributed by atoms with Crippen molar-refractivity contribution in [3.05, 3.63) is 28.2 Å². The maximum absolute atomic E-state index is 5.20. The van der Waals surface area contributed by atoms with Crippen molar-refractivity contribution in [3.8, 4) is 5.75 Å². The summed E-state index contributed by atoms with van der Waals surface area (Å²) in [5.74, 6) is 0.875. The average Bonchev–Trinajstić information content (AvgIpc) is 2.33. The molecule has 0 fully saturated rings. The van der Waals surface area contributed by atoms with Gasteiger partial charge in [-0.2, -0.15) is 0 Å². The van der Waals surface area contributed by atoms with Gasteiger partial charge in [-0.1, -0.05) is 19.9 Å². The summed E-state index contributed by atoms with van der Waals surface area (Å²) in [4.78, 5) is 0. The third-order valence-corrected chi connectivity index (χ3v) is 3.25. The van der Waals surface area contributed by atoms with Crippen molar-refractivity contribution in [2.45, 2.75) is 32.9 Å². The van der Waals surface area contributed by atoms with Gasteiger partial charge in [-0.05, 0) is 53.1 Å². The molecule has 0 atom stereocenters. The highest BCUT2D eigenvalue weighted by atomic mass is 79.9. The van der Waals surface area contributed by atoms with E-state index in [2.05, 4.69) is 52.5 Å². The minimum absolute atomic E-state index is 0.572. The Hall–Kier alpha value is -0.580. The van der Waals surface area contributed by atoms with Gasteiger partial charge in [-0.15, -0.1) is 0 Å². The van der Waals surface area contributed by atoms with Crippen LogP contribution in [-0.2, 0) is 6.54 Å². The van der Waals surface area contributed by atoms with E-state index in [1.165, 1.54) is 5.56 Å². The van der Waals surface area contributed by atoms with Gasteiger partial charge in [0.15, 0.2) is 0 Å². The monoisotopic (exact) mass is 314 g/mol. The lowest BCUT2D eigenvalue weighted by Gasteiger charge is -2.09. The molecule has 1 aromatic rings. The van der Waals surface area contributed by atoms with Crippen LogP contribution in [0.1, 0.15) is 25.8 Å². The first-order chi connectivity index (χ1) is 8.63. The highest BCUT2D eigenvalue weighted by Crippen LogP contribution is 2.25. The third kappa shape index (κ3) is 5.85. The van der Waals surface area contributed by atoms with E-state index >= 15 is 0 Å². The second kappa shape index (κ2) is 8.51. The molecule has 0 aromatic heterocycles. The SMILES string of the molecule is COc1ccc(CNCCCNC(C)C)cc1Br. The lowest BCUT2D eigenvalue weighted by molar-refractivity contribution is 0.412. The molecule has 0 spiro atoms. The van der Waals surface area contributed by atoms with E-state index in [1.54, 1.807) is 7.11 Å². The van der Waals surface area contributed by atoms with E-state index in [1.807, 2.05) is 6.07 Å². The van der Waals surface area contributed by atoms with Crippen LogP contribution < -0.4 is 15.4 Å². The summed E-state index contributed by atoms with van der Waals surface area (Å²) >= 11 is 3.49. The Kier molecular flexibility index (Phi) is 7.32. The molecule has 1 aromatic carbocycles. The molecule has 102 valence electrons. The van der Waals surface area contributed by atoms with E-state index in [0.717, 1.165) is 36.3 Å². The van der Waals surface area contributed by atoms with Crippen molar-refractivity contribution in [1.29, 1.82) is 0 Å². The van der Waals surface area contributed by atoms with Crippen LogP contribution in [0.25, 0.3) is 0 Å². The van der Waals surface area contributed by atoms with Crippen LogP contribution in [-0.4, -0.2) is 26.2 Å². The van der Waals surface area contributed by atoms with Crippen LogP contribution in [0.5, 0.6) is 5.75 Å². The second-order valence-corrected chi connectivity index (χ2v) is 5.46. The lowest BCUT2D eigenvalue weighted by atomic mass is 10.2. The molecule has 0 saturated carbocycles. The van der Waals surface area contributed by atoms with Gasteiger partial charge in [0.25, 0.3) is 0 Å². The summed E-state index contributed by atoms with van der Waals surface area (Å²) in [6.45, 7) is 7.33. The molecular formula is C14H23BrN2O. The maximum Gasteiger partial charge on any atom is 0.133 e. The minimum Gasteiger partial charge on any atom is -0.496 e. The Labute approximate surface area is 118 Å². The Morgan fingerprint density at radius 3 is 2.67 bits per heavy atom. The summed E-state index contributed by atoms with van der Waals surface area (Å²) in [6, 6.07) is 6.74. The Bertz CT molecular complexity index is 356. The van der Waals surface area contributed by atoms with Crippen LogP contribution in [0.2, 0.25) is 0 Å². The number of nitrogens with one attached hydrogen (secondary N) is 2. The molecule has 18 heavy (non-hydrogen) atoms. The van der Waals surface area contributed by atoms with Gasteiger partial charge >= 0.3 is 0 Å². The first-order valence-corrected chi connectivity index (χ1v) is 7.19. The Balaban J connectivity index is 2.21. The predicted molar refractivity (Wildman–Crippen MR) is 80.2 cm³/mol. The fraction of sp³-hybridized carbons (Fsp3) is 0.571. The number of methoxy groups -OCH3 is 1. The van der Waals surface area contributed by atoms with Crippen LogP contribution in [0, 0.1) is 0 Å². The summed E-state index contributed by atoms with van der Waals surface area (Å²) in [5, 5.41) is 6.84. The van der Waals surface area contributed by atoms with Gasteiger partial charge in [-0.3, -0.25) is 0 Å². The highest BCUT2D eigenvalue weighted by molar-refractivity contribution is 9.10. The molecule has 3 nitrogen and oxygen atoms in total. The predicted octanol–water partition coefficient (Wildman–Crippen LogP) is 2.94.